The number of hydrogen-bond donors (Lipinski definition) is 1. The van der Waals surface area contributed by atoms with E-state index in [2.05, 4.69) is 10.3 Å². The molecule has 2 atom stereocenters. The molecular weight excluding hydrogens is 444 g/mol. The Bertz CT molecular complexity index is 1020. The first-order valence-electron chi connectivity index (χ1n) is 11.2. The van der Waals surface area contributed by atoms with Gasteiger partial charge in [0.25, 0.3) is 0 Å². The van der Waals surface area contributed by atoms with E-state index in [-0.39, 0.29) is 5.97 Å². The van der Waals surface area contributed by atoms with E-state index in [0.29, 0.717) is 43.8 Å². The third-order valence-corrected chi connectivity index (χ3v) is 6.56. The van der Waals surface area contributed by atoms with Crippen LogP contribution < -0.4 is 10.1 Å². The number of halogens is 1. The minimum atomic E-state index is -0.960. The van der Waals surface area contributed by atoms with Crippen molar-refractivity contribution >= 4 is 34.4 Å². The molecule has 8 heteroatoms. The Kier molecular flexibility index (Phi) is 7.85. The van der Waals surface area contributed by atoms with Crippen LogP contribution in [-0.4, -0.2) is 49.8 Å². The molecule has 0 saturated carbocycles. The summed E-state index contributed by atoms with van der Waals surface area (Å²) in [5.74, 6) is -0.637. The van der Waals surface area contributed by atoms with Crippen LogP contribution >= 0.6 is 11.6 Å². The summed E-state index contributed by atoms with van der Waals surface area (Å²) < 4.78 is 16.2. The first-order chi connectivity index (χ1) is 15.6. The van der Waals surface area contributed by atoms with E-state index in [4.69, 9.17) is 25.8 Å². The second-order valence-electron chi connectivity index (χ2n) is 9.51. The second kappa shape index (κ2) is 10.3. The van der Waals surface area contributed by atoms with E-state index in [0.717, 1.165) is 22.2 Å². The van der Waals surface area contributed by atoms with Gasteiger partial charge in [-0.1, -0.05) is 11.6 Å². The van der Waals surface area contributed by atoms with E-state index in [1.165, 1.54) is 7.11 Å². The number of nitrogens with one attached hydrogen (secondary N) is 1. The van der Waals surface area contributed by atoms with E-state index in [9.17, 15) is 9.59 Å². The average Bonchev–Trinajstić information content (AvgIpc) is 2.78. The number of pyridine rings is 1. The summed E-state index contributed by atoms with van der Waals surface area (Å²) in [6, 6.07) is 5.69. The molecule has 1 aliphatic rings. The molecule has 2 unspecified atom stereocenters. The largest absolute Gasteiger partial charge is 0.497 e. The third-order valence-electron chi connectivity index (χ3n) is 6.24. The van der Waals surface area contributed by atoms with Crippen molar-refractivity contribution in [2.75, 3.05) is 27.3 Å². The van der Waals surface area contributed by atoms with E-state index >= 15 is 0 Å². The molecule has 0 spiro atoms. The summed E-state index contributed by atoms with van der Waals surface area (Å²) in [5.41, 5.74) is 0.157. The maximum Gasteiger partial charge on any atom is 0.313 e. The predicted molar refractivity (Wildman–Crippen MR) is 128 cm³/mol. The van der Waals surface area contributed by atoms with Gasteiger partial charge < -0.3 is 19.5 Å². The van der Waals surface area contributed by atoms with Gasteiger partial charge in [0.15, 0.2) is 0 Å². The van der Waals surface area contributed by atoms with Crippen molar-refractivity contribution in [3.63, 3.8) is 0 Å². The zero-order valence-electron chi connectivity index (χ0n) is 20.0. The van der Waals surface area contributed by atoms with Gasteiger partial charge in [-0.25, -0.2) is 0 Å². The summed E-state index contributed by atoms with van der Waals surface area (Å²) in [6.45, 7) is 6.51. The van der Waals surface area contributed by atoms with E-state index < -0.39 is 22.9 Å². The maximum absolute atomic E-state index is 13.5. The van der Waals surface area contributed by atoms with Gasteiger partial charge in [-0.3, -0.25) is 14.6 Å². The molecule has 7 nitrogen and oxygen atoms in total. The highest BCUT2D eigenvalue weighted by Gasteiger charge is 2.52. The number of piperidine rings is 1. The standard InChI is InChI=1S/C25H33ClN2O5/c1-24(2,3)33-23(30)25(11-12-27-14-19(25)22(29)32-5)10-6-7-17-18-13-16(31-4)8-9-21(18)28-15-20(17)26/h8-9,13,15,19,27H,6-7,10-12,14H2,1-5H3. The first-order valence-corrected chi connectivity index (χ1v) is 11.6. The quantitative estimate of drug-likeness (QED) is 0.595. The highest BCUT2D eigenvalue weighted by Crippen LogP contribution is 2.42. The number of ether oxygens (including phenoxy) is 3. The number of aryl methyl sites for hydroxylation is 1. The Hall–Kier alpha value is -2.38. The van der Waals surface area contributed by atoms with Gasteiger partial charge in [0.05, 0.1) is 36.1 Å². The minimum absolute atomic E-state index is 0.348. The molecule has 33 heavy (non-hydrogen) atoms. The minimum Gasteiger partial charge on any atom is -0.497 e. The van der Waals surface area contributed by atoms with Crippen LogP contribution in [0.5, 0.6) is 5.75 Å². The zero-order chi connectivity index (χ0) is 24.2. The summed E-state index contributed by atoms with van der Waals surface area (Å²) in [7, 11) is 2.97. The molecule has 2 aromatic rings. The molecule has 1 aromatic heterocycles. The normalized spacial score (nSPS) is 21.0. The molecule has 3 rings (SSSR count). The van der Waals surface area contributed by atoms with Gasteiger partial charge in [0.2, 0.25) is 0 Å². The summed E-state index contributed by atoms with van der Waals surface area (Å²) >= 11 is 6.53. The molecular formula is C25H33ClN2O5. The van der Waals surface area contributed by atoms with Crippen molar-refractivity contribution in [3.05, 3.63) is 35.0 Å². The lowest BCUT2D eigenvalue weighted by molar-refractivity contribution is -0.180. The Balaban J connectivity index is 1.91. The molecule has 1 saturated heterocycles. The van der Waals surface area contributed by atoms with Crippen molar-refractivity contribution in [1.82, 2.24) is 10.3 Å². The Labute approximate surface area is 200 Å². The lowest BCUT2D eigenvalue weighted by Gasteiger charge is -2.42. The monoisotopic (exact) mass is 476 g/mol. The lowest BCUT2D eigenvalue weighted by atomic mass is 9.67. The van der Waals surface area contributed by atoms with Crippen LogP contribution in [0.15, 0.2) is 24.4 Å². The van der Waals surface area contributed by atoms with Gasteiger partial charge in [0, 0.05) is 18.1 Å². The first kappa shape index (κ1) is 25.2. The summed E-state index contributed by atoms with van der Waals surface area (Å²) in [4.78, 5) is 30.5. The number of rotatable bonds is 7. The molecule has 0 bridgehead atoms. The molecule has 0 radical (unpaired) electrons. The fourth-order valence-corrected chi connectivity index (χ4v) is 4.81. The zero-order valence-corrected chi connectivity index (χ0v) is 20.8. The molecule has 1 aromatic carbocycles. The number of carbonyl (C=O) groups is 2. The molecule has 1 N–H and O–H groups in total. The number of hydrogen-bond acceptors (Lipinski definition) is 7. The van der Waals surface area contributed by atoms with E-state index in [1.54, 1.807) is 13.3 Å². The number of carbonyl (C=O) groups excluding carboxylic acids is 2. The highest BCUT2D eigenvalue weighted by molar-refractivity contribution is 6.32. The number of aromatic nitrogens is 1. The van der Waals surface area contributed by atoms with Crippen LogP contribution in [0.4, 0.5) is 0 Å². The predicted octanol–water partition coefficient (Wildman–Crippen LogP) is 4.33. The van der Waals surface area contributed by atoms with Crippen molar-refractivity contribution in [2.24, 2.45) is 11.3 Å². The van der Waals surface area contributed by atoms with Gasteiger partial charge in [-0.05, 0) is 76.8 Å². The topological polar surface area (TPSA) is 86.8 Å². The van der Waals surface area contributed by atoms with Gasteiger partial charge in [0.1, 0.15) is 11.4 Å². The van der Waals surface area contributed by atoms with Crippen LogP contribution in [0, 0.1) is 11.3 Å². The highest BCUT2D eigenvalue weighted by atomic mass is 35.5. The SMILES string of the molecule is COC(=O)C1CNCCC1(CCCc1c(Cl)cnc2ccc(OC)cc12)C(=O)OC(C)(C)C. The molecule has 0 amide bonds. The van der Waals surface area contributed by atoms with E-state index in [1.807, 2.05) is 39.0 Å². The van der Waals surface area contributed by atoms with Crippen molar-refractivity contribution < 1.29 is 23.8 Å². The lowest BCUT2D eigenvalue weighted by Crippen LogP contribution is -2.54. The molecule has 180 valence electrons. The van der Waals surface area contributed by atoms with Crippen LogP contribution in [0.25, 0.3) is 10.9 Å². The van der Waals surface area contributed by atoms with Crippen LogP contribution in [0.2, 0.25) is 5.02 Å². The molecule has 2 heterocycles. The second-order valence-corrected chi connectivity index (χ2v) is 9.92. The van der Waals surface area contributed by atoms with Gasteiger partial charge in [-0.15, -0.1) is 0 Å². The fraction of sp³-hybridized carbons (Fsp3) is 0.560. The molecule has 1 fully saturated rings. The van der Waals surface area contributed by atoms with Crippen LogP contribution in [0.3, 0.4) is 0 Å². The Morgan fingerprint density at radius 1 is 1.27 bits per heavy atom. The maximum atomic E-state index is 13.5. The number of fused-ring (bicyclic) bond motifs is 1. The number of benzene rings is 1. The van der Waals surface area contributed by atoms with Crippen molar-refractivity contribution in [1.29, 1.82) is 0 Å². The van der Waals surface area contributed by atoms with Crippen molar-refractivity contribution in [2.45, 2.75) is 52.1 Å². The number of esters is 2. The summed E-state index contributed by atoms with van der Waals surface area (Å²) in [6.07, 6.45) is 3.89. The summed E-state index contributed by atoms with van der Waals surface area (Å²) in [5, 5.41) is 4.71. The van der Waals surface area contributed by atoms with Crippen LogP contribution in [-0.2, 0) is 25.5 Å². The Morgan fingerprint density at radius 3 is 2.70 bits per heavy atom. The van der Waals surface area contributed by atoms with Gasteiger partial charge in [-0.2, -0.15) is 0 Å². The fourth-order valence-electron chi connectivity index (χ4n) is 4.57. The number of nitrogens with zero attached hydrogens (tertiary/aromatic N) is 1. The molecule has 1 aliphatic heterocycles. The van der Waals surface area contributed by atoms with Crippen LogP contribution in [0.1, 0.15) is 45.6 Å². The van der Waals surface area contributed by atoms with Gasteiger partial charge >= 0.3 is 11.9 Å². The average molecular weight is 477 g/mol. The smallest absolute Gasteiger partial charge is 0.313 e. The third kappa shape index (κ3) is 5.58. The Morgan fingerprint density at radius 2 is 2.03 bits per heavy atom. The number of methoxy groups -OCH3 is 2. The van der Waals surface area contributed by atoms with Crippen molar-refractivity contribution in [3.8, 4) is 5.75 Å². The molecule has 0 aliphatic carbocycles.